The molecule has 122 valence electrons. The summed E-state index contributed by atoms with van der Waals surface area (Å²) in [6.07, 6.45) is 0. The number of hydrogen-bond acceptors (Lipinski definition) is 3. The Morgan fingerprint density at radius 3 is 2.67 bits per heavy atom. The summed E-state index contributed by atoms with van der Waals surface area (Å²) in [6.45, 7) is 0. The fourth-order valence-electron chi connectivity index (χ4n) is 2.66. The number of aromatic nitrogens is 3. The molecule has 0 bridgehead atoms. The quantitative estimate of drug-likeness (QED) is 0.471. The molecule has 0 radical (unpaired) electrons. The first-order valence-corrected chi connectivity index (χ1v) is 8.58. The maximum Gasteiger partial charge on any atom is 0.297 e. The fourth-order valence-corrected chi connectivity index (χ4v) is 3.41. The molecule has 0 spiro atoms. The number of nitrogens with one attached hydrogen (secondary N) is 2. The fraction of sp³-hybridized carbons (Fsp3) is 0. The Hall–Kier alpha value is -2.42. The molecule has 2 heterocycles. The van der Waals surface area contributed by atoms with Gasteiger partial charge in [0.15, 0.2) is 0 Å². The molecule has 0 aliphatic heterocycles. The lowest BCUT2D eigenvalue weighted by Crippen LogP contribution is -2.01. The van der Waals surface area contributed by atoms with Gasteiger partial charge in [-0.25, -0.2) is 4.39 Å². The van der Waals surface area contributed by atoms with Crippen molar-refractivity contribution in [1.82, 2.24) is 15.2 Å². The highest BCUT2D eigenvalue weighted by molar-refractivity contribution is 7.85. The third kappa shape index (κ3) is 2.35. The molecule has 2 aromatic heterocycles. The third-order valence-corrected chi connectivity index (χ3v) is 4.83. The van der Waals surface area contributed by atoms with Crippen molar-refractivity contribution in [1.29, 1.82) is 0 Å². The van der Waals surface area contributed by atoms with Crippen LogP contribution in [-0.2, 0) is 10.1 Å². The van der Waals surface area contributed by atoms with E-state index in [1.54, 1.807) is 24.3 Å². The average molecular weight is 366 g/mol. The molecule has 0 amide bonds. The SMILES string of the molecule is O=S(=O)(O)c1cc2cc(-c3n[nH]c4cc(Cl)ccc34)[nH]c2cc1F. The van der Waals surface area contributed by atoms with Crippen molar-refractivity contribution in [3.8, 4) is 11.4 Å². The molecule has 0 saturated carbocycles. The van der Waals surface area contributed by atoms with Crippen LogP contribution in [0, 0.1) is 5.82 Å². The van der Waals surface area contributed by atoms with E-state index in [1.165, 1.54) is 0 Å². The summed E-state index contributed by atoms with van der Waals surface area (Å²) in [4.78, 5) is 2.23. The molecule has 4 aromatic rings. The van der Waals surface area contributed by atoms with E-state index in [-0.39, 0.29) is 0 Å². The molecule has 0 aliphatic rings. The van der Waals surface area contributed by atoms with Crippen molar-refractivity contribution in [2.24, 2.45) is 0 Å². The van der Waals surface area contributed by atoms with Crippen LogP contribution in [0.4, 0.5) is 4.39 Å². The van der Waals surface area contributed by atoms with Crippen molar-refractivity contribution in [2.45, 2.75) is 4.90 Å². The molecule has 4 rings (SSSR count). The van der Waals surface area contributed by atoms with Gasteiger partial charge in [0.05, 0.1) is 11.2 Å². The van der Waals surface area contributed by atoms with Gasteiger partial charge in [0.2, 0.25) is 0 Å². The lowest BCUT2D eigenvalue weighted by molar-refractivity contribution is 0.474. The number of aromatic amines is 2. The van der Waals surface area contributed by atoms with Crippen LogP contribution < -0.4 is 0 Å². The van der Waals surface area contributed by atoms with Gasteiger partial charge >= 0.3 is 0 Å². The molecule has 3 N–H and O–H groups in total. The van der Waals surface area contributed by atoms with Gasteiger partial charge in [0, 0.05) is 21.3 Å². The number of nitrogens with zero attached hydrogens (tertiary/aromatic N) is 1. The highest BCUT2D eigenvalue weighted by Crippen LogP contribution is 2.31. The highest BCUT2D eigenvalue weighted by Gasteiger charge is 2.19. The van der Waals surface area contributed by atoms with Crippen LogP contribution in [0.15, 0.2) is 41.3 Å². The minimum atomic E-state index is -4.63. The summed E-state index contributed by atoms with van der Waals surface area (Å²) >= 11 is 5.94. The third-order valence-electron chi connectivity index (χ3n) is 3.73. The van der Waals surface area contributed by atoms with Gasteiger partial charge in [0.1, 0.15) is 16.4 Å². The number of H-pyrrole nitrogens is 2. The highest BCUT2D eigenvalue weighted by atomic mass is 35.5. The lowest BCUT2D eigenvalue weighted by atomic mass is 10.1. The Morgan fingerprint density at radius 2 is 1.92 bits per heavy atom. The smallest absolute Gasteiger partial charge is 0.297 e. The first-order valence-electron chi connectivity index (χ1n) is 6.77. The molecule has 9 heteroatoms. The van der Waals surface area contributed by atoms with Crippen LogP contribution in [0.5, 0.6) is 0 Å². The summed E-state index contributed by atoms with van der Waals surface area (Å²) < 4.78 is 45.4. The number of hydrogen-bond donors (Lipinski definition) is 3. The molecule has 24 heavy (non-hydrogen) atoms. The van der Waals surface area contributed by atoms with E-state index in [4.69, 9.17) is 16.2 Å². The Labute approximate surface area is 140 Å². The largest absolute Gasteiger partial charge is 0.353 e. The van der Waals surface area contributed by atoms with Gasteiger partial charge in [0.25, 0.3) is 10.1 Å². The zero-order chi connectivity index (χ0) is 17.1. The maximum atomic E-state index is 13.9. The van der Waals surface area contributed by atoms with Crippen molar-refractivity contribution >= 4 is 43.5 Å². The summed E-state index contributed by atoms with van der Waals surface area (Å²) in [7, 11) is -4.63. The van der Waals surface area contributed by atoms with Gasteiger partial charge in [-0.2, -0.15) is 13.5 Å². The monoisotopic (exact) mass is 365 g/mol. The van der Waals surface area contributed by atoms with E-state index in [9.17, 15) is 12.8 Å². The van der Waals surface area contributed by atoms with Crippen LogP contribution in [-0.4, -0.2) is 28.2 Å². The summed E-state index contributed by atoms with van der Waals surface area (Å²) in [5.74, 6) is -1.03. The van der Waals surface area contributed by atoms with Gasteiger partial charge in [-0.1, -0.05) is 11.6 Å². The van der Waals surface area contributed by atoms with Crippen LogP contribution in [0.25, 0.3) is 33.2 Å². The van der Waals surface area contributed by atoms with Crippen LogP contribution in [0.3, 0.4) is 0 Å². The van der Waals surface area contributed by atoms with E-state index in [0.717, 1.165) is 23.0 Å². The number of rotatable bonds is 2. The van der Waals surface area contributed by atoms with Crippen molar-refractivity contribution in [3.63, 3.8) is 0 Å². The second kappa shape index (κ2) is 5.04. The van der Waals surface area contributed by atoms with Gasteiger partial charge < -0.3 is 4.98 Å². The molecular formula is C15H9ClFN3O3S. The van der Waals surface area contributed by atoms with Crippen LogP contribution in [0.2, 0.25) is 5.02 Å². The van der Waals surface area contributed by atoms with Crippen LogP contribution >= 0.6 is 11.6 Å². The zero-order valence-electron chi connectivity index (χ0n) is 11.8. The topological polar surface area (TPSA) is 98.8 Å². The lowest BCUT2D eigenvalue weighted by Gasteiger charge is -1.99. The Bertz CT molecular complexity index is 1210. The Morgan fingerprint density at radius 1 is 1.12 bits per heavy atom. The average Bonchev–Trinajstić information content (AvgIpc) is 3.07. The van der Waals surface area contributed by atoms with Gasteiger partial charge in [-0.15, -0.1) is 0 Å². The maximum absolute atomic E-state index is 13.9. The number of fused-ring (bicyclic) bond motifs is 2. The second-order valence-corrected chi connectivity index (χ2v) is 7.12. The molecule has 0 fully saturated rings. The zero-order valence-corrected chi connectivity index (χ0v) is 13.4. The van der Waals surface area contributed by atoms with Crippen molar-refractivity contribution < 1.29 is 17.4 Å². The van der Waals surface area contributed by atoms with E-state index in [2.05, 4.69) is 15.2 Å². The Kier molecular flexibility index (Phi) is 3.17. The molecule has 0 atom stereocenters. The second-order valence-electron chi connectivity index (χ2n) is 5.29. The minimum Gasteiger partial charge on any atom is -0.353 e. The van der Waals surface area contributed by atoms with Crippen molar-refractivity contribution in [3.05, 3.63) is 47.2 Å². The predicted octanol–water partition coefficient (Wildman–Crippen LogP) is 3.75. The van der Waals surface area contributed by atoms with Gasteiger partial charge in [-0.3, -0.25) is 9.65 Å². The number of halogens is 2. The normalized spacial score (nSPS) is 12.3. The minimum absolute atomic E-state index is 0.389. The number of benzene rings is 2. The molecule has 6 nitrogen and oxygen atoms in total. The van der Waals surface area contributed by atoms with Gasteiger partial charge in [-0.05, 0) is 36.4 Å². The van der Waals surface area contributed by atoms with E-state index in [0.29, 0.717) is 27.3 Å². The standard InChI is InChI=1S/C15H9ClFN3O3S/c16-8-1-2-9-12(5-8)19-20-15(9)13-3-7-4-14(24(21,22)23)10(17)6-11(7)18-13/h1-6,18H,(H,19,20)(H,21,22,23). The molecule has 0 saturated heterocycles. The Balaban J connectivity index is 1.94. The summed E-state index contributed by atoms with van der Waals surface area (Å²) in [6, 6.07) is 8.98. The molecule has 0 aliphatic carbocycles. The molecular weight excluding hydrogens is 357 g/mol. The van der Waals surface area contributed by atoms with E-state index < -0.39 is 20.8 Å². The first kappa shape index (κ1) is 15.1. The summed E-state index contributed by atoms with van der Waals surface area (Å²) in [5, 5.41) is 8.88. The summed E-state index contributed by atoms with van der Waals surface area (Å²) in [5.41, 5.74) is 2.29. The predicted molar refractivity (Wildman–Crippen MR) is 88.2 cm³/mol. The van der Waals surface area contributed by atoms with Crippen molar-refractivity contribution in [2.75, 3.05) is 0 Å². The van der Waals surface area contributed by atoms with E-state index in [1.807, 2.05) is 0 Å². The van der Waals surface area contributed by atoms with E-state index >= 15 is 0 Å². The molecule has 0 unspecified atom stereocenters. The molecule has 2 aromatic carbocycles. The van der Waals surface area contributed by atoms with Crippen LogP contribution in [0.1, 0.15) is 0 Å². The first-order chi connectivity index (χ1) is 11.3.